The van der Waals surface area contributed by atoms with Crippen LogP contribution in [0.5, 0.6) is 5.75 Å². The molecule has 0 heterocycles. The van der Waals surface area contributed by atoms with Crippen LogP contribution >= 0.6 is 8.69 Å². The van der Waals surface area contributed by atoms with Crippen molar-refractivity contribution in [3.63, 3.8) is 0 Å². The molecule has 0 spiro atoms. The maximum absolute atomic E-state index is 10.7. The highest BCUT2D eigenvalue weighted by Crippen LogP contribution is 2.57. The molecule has 1 unspecified atom stereocenters. The predicted octanol–water partition coefficient (Wildman–Crippen LogP) is 4.82. The molecule has 1 aromatic carbocycles. The normalized spacial score (nSPS) is 32.3. The number of benzene rings is 1. The lowest BCUT2D eigenvalue weighted by atomic mass is 9.54. The van der Waals surface area contributed by atoms with Gasteiger partial charge >= 0.3 is 8.69 Å². The summed E-state index contributed by atoms with van der Waals surface area (Å²) in [5.74, 6) is 4.98. The lowest BCUT2D eigenvalue weighted by Gasteiger charge is -2.51. The van der Waals surface area contributed by atoms with E-state index in [4.69, 9.17) is 9.26 Å². The molecule has 22 heavy (non-hydrogen) atoms. The summed E-state index contributed by atoms with van der Waals surface area (Å²) in [6, 6.07) is 7.79. The van der Waals surface area contributed by atoms with E-state index in [1.165, 1.54) is 37.7 Å². The van der Waals surface area contributed by atoms with Crippen molar-refractivity contribution in [2.24, 2.45) is 23.7 Å². The van der Waals surface area contributed by atoms with Gasteiger partial charge in [-0.1, -0.05) is 12.1 Å². The standard InChI is InChI=1S/C18H22O3P/c1-20-18(13-3-2-4-16(10-13)21-22-19)17-14-6-11-5-12(8-14)9-15(17)7-11/h2-4,10-12,14-15,22H,5-9H2,1H3/q+1. The van der Waals surface area contributed by atoms with E-state index in [2.05, 4.69) is 6.07 Å². The van der Waals surface area contributed by atoms with Gasteiger partial charge in [-0.15, -0.1) is 0 Å². The first kappa shape index (κ1) is 14.3. The Labute approximate surface area is 133 Å². The minimum absolute atomic E-state index is 0.643. The molecule has 0 amide bonds. The maximum Gasteiger partial charge on any atom is 0.542 e. The highest BCUT2D eigenvalue weighted by atomic mass is 31.1. The first-order valence-electron chi connectivity index (χ1n) is 8.21. The van der Waals surface area contributed by atoms with E-state index in [0.717, 1.165) is 23.2 Å². The van der Waals surface area contributed by atoms with Crippen LogP contribution in [0, 0.1) is 23.7 Å². The average Bonchev–Trinajstić information content (AvgIpc) is 2.51. The van der Waals surface area contributed by atoms with Crippen LogP contribution in [0.2, 0.25) is 0 Å². The van der Waals surface area contributed by atoms with Gasteiger partial charge in [0, 0.05) is 5.56 Å². The number of hydrogen-bond acceptors (Lipinski definition) is 3. The topological polar surface area (TPSA) is 35.5 Å². The van der Waals surface area contributed by atoms with Crippen molar-refractivity contribution >= 4 is 14.4 Å². The third-order valence-electron chi connectivity index (χ3n) is 5.74. The van der Waals surface area contributed by atoms with E-state index in [-0.39, 0.29) is 0 Å². The lowest BCUT2D eigenvalue weighted by molar-refractivity contribution is 0.0675. The molecule has 116 valence electrons. The summed E-state index contributed by atoms with van der Waals surface area (Å²) in [7, 11) is 1.00. The molecular weight excluding hydrogens is 295 g/mol. The molecule has 1 atom stereocenters. The van der Waals surface area contributed by atoms with Crippen molar-refractivity contribution in [1.29, 1.82) is 0 Å². The summed E-state index contributed by atoms with van der Waals surface area (Å²) in [5.41, 5.74) is 2.59. The number of ether oxygens (including phenoxy) is 1. The quantitative estimate of drug-likeness (QED) is 0.590. The Morgan fingerprint density at radius 1 is 1.09 bits per heavy atom. The summed E-state index contributed by atoms with van der Waals surface area (Å²) >= 11 is 0. The van der Waals surface area contributed by atoms with Gasteiger partial charge in [-0.25, -0.2) is 0 Å². The minimum Gasteiger partial charge on any atom is -0.496 e. The number of allylic oxidation sites excluding steroid dienone is 1. The summed E-state index contributed by atoms with van der Waals surface area (Å²) in [4.78, 5) is 0. The van der Waals surface area contributed by atoms with E-state index in [1.54, 1.807) is 7.11 Å². The van der Waals surface area contributed by atoms with Gasteiger partial charge in [0.05, 0.1) is 7.11 Å². The lowest BCUT2D eigenvalue weighted by Crippen LogP contribution is -2.40. The molecule has 4 bridgehead atoms. The Morgan fingerprint density at radius 2 is 1.77 bits per heavy atom. The zero-order valence-corrected chi connectivity index (χ0v) is 13.9. The van der Waals surface area contributed by atoms with Crippen LogP contribution in [0.4, 0.5) is 0 Å². The molecule has 0 aromatic heterocycles. The van der Waals surface area contributed by atoms with Crippen LogP contribution < -0.4 is 4.52 Å². The van der Waals surface area contributed by atoms with Crippen LogP contribution in [0.15, 0.2) is 29.8 Å². The summed E-state index contributed by atoms with van der Waals surface area (Å²) in [6.07, 6.45) is 6.82. The fourth-order valence-electron chi connectivity index (χ4n) is 5.21. The monoisotopic (exact) mass is 317 g/mol. The van der Waals surface area contributed by atoms with Crippen LogP contribution in [0.3, 0.4) is 0 Å². The third-order valence-corrected chi connectivity index (χ3v) is 6.06. The SMILES string of the molecule is COC(=C1C2CC3CC(C2)CC1C3)c1cccc(O[PH+]=O)c1. The molecular formula is C18H22O3P+. The third kappa shape index (κ3) is 2.36. The van der Waals surface area contributed by atoms with Gasteiger partial charge in [0.2, 0.25) is 0 Å². The Kier molecular flexibility index (Phi) is 3.69. The Hall–Kier alpha value is -1.34. The summed E-state index contributed by atoms with van der Waals surface area (Å²) in [6.45, 7) is 0. The van der Waals surface area contributed by atoms with Crippen LogP contribution in [-0.4, -0.2) is 7.11 Å². The van der Waals surface area contributed by atoms with Crippen molar-refractivity contribution in [1.82, 2.24) is 0 Å². The van der Waals surface area contributed by atoms with E-state index in [9.17, 15) is 4.57 Å². The second kappa shape index (κ2) is 5.70. The van der Waals surface area contributed by atoms with Crippen LogP contribution in [0.25, 0.3) is 5.76 Å². The zero-order valence-electron chi connectivity index (χ0n) is 12.9. The number of rotatable bonds is 4. The van der Waals surface area contributed by atoms with Crippen molar-refractivity contribution in [3.8, 4) is 5.75 Å². The predicted molar refractivity (Wildman–Crippen MR) is 87.0 cm³/mol. The molecule has 0 radical (unpaired) electrons. The molecule has 0 N–H and O–H groups in total. The molecule has 4 aliphatic rings. The molecule has 0 saturated heterocycles. The number of hydrogen-bond donors (Lipinski definition) is 0. The maximum atomic E-state index is 10.7. The van der Waals surface area contributed by atoms with Gasteiger partial charge in [-0.2, -0.15) is 0 Å². The fourth-order valence-corrected chi connectivity index (χ4v) is 5.44. The second-order valence-electron chi connectivity index (χ2n) is 7.01. The Balaban J connectivity index is 1.74. The van der Waals surface area contributed by atoms with Crippen molar-refractivity contribution in [3.05, 3.63) is 35.4 Å². The molecule has 5 rings (SSSR count). The van der Waals surface area contributed by atoms with Gasteiger partial charge in [0.15, 0.2) is 5.75 Å². The van der Waals surface area contributed by atoms with Gasteiger partial charge < -0.3 is 4.74 Å². The van der Waals surface area contributed by atoms with Crippen LogP contribution in [-0.2, 0) is 9.30 Å². The van der Waals surface area contributed by atoms with E-state index in [1.807, 2.05) is 18.2 Å². The minimum atomic E-state index is -0.771. The molecule has 4 fully saturated rings. The highest BCUT2D eigenvalue weighted by Gasteiger charge is 2.46. The van der Waals surface area contributed by atoms with E-state index < -0.39 is 8.69 Å². The first-order valence-corrected chi connectivity index (χ1v) is 9.02. The van der Waals surface area contributed by atoms with Crippen molar-refractivity contribution in [2.75, 3.05) is 7.11 Å². The van der Waals surface area contributed by atoms with Gasteiger partial charge in [-0.05, 0) is 78.0 Å². The molecule has 1 aromatic rings. The largest absolute Gasteiger partial charge is 0.542 e. The zero-order chi connectivity index (χ0) is 15.1. The Bertz CT molecular complexity index is 593. The number of methoxy groups -OCH3 is 1. The van der Waals surface area contributed by atoms with Crippen molar-refractivity contribution in [2.45, 2.75) is 32.1 Å². The fraction of sp³-hybridized carbons (Fsp3) is 0.556. The first-order chi connectivity index (χ1) is 10.8. The van der Waals surface area contributed by atoms with Gasteiger partial charge in [0.25, 0.3) is 0 Å². The van der Waals surface area contributed by atoms with E-state index >= 15 is 0 Å². The molecule has 3 nitrogen and oxygen atoms in total. The molecule has 4 heteroatoms. The van der Waals surface area contributed by atoms with Crippen LogP contribution in [0.1, 0.15) is 37.7 Å². The summed E-state index contributed by atoms with van der Waals surface area (Å²) in [5, 5.41) is 0. The summed E-state index contributed by atoms with van der Waals surface area (Å²) < 4.78 is 21.7. The van der Waals surface area contributed by atoms with Gasteiger partial charge in [-0.3, -0.25) is 4.52 Å². The van der Waals surface area contributed by atoms with Crippen molar-refractivity contribution < 1.29 is 13.8 Å². The Morgan fingerprint density at radius 3 is 2.36 bits per heavy atom. The smallest absolute Gasteiger partial charge is 0.496 e. The van der Waals surface area contributed by atoms with Gasteiger partial charge in [0.1, 0.15) is 5.76 Å². The molecule has 0 aliphatic heterocycles. The second-order valence-corrected chi connectivity index (χ2v) is 7.38. The van der Waals surface area contributed by atoms with E-state index in [0.29, 0.717) is 17.6 Å². The molecule has 4 aliphatic carbocycles. The average molecular weight is 317 g/mol. The molecule has 4 saturated carbocycles. The highest BCUT2D eigenvalue weighted by molar-refractivity contribution is 7.17.